The van der Waals surface area contributed by atoms with Crippen LogP contribution in [-0.2, 0) is 7.05 Å². The Balaban J connectivity index is 2.62. The van der Waals surface area contributed by atoms with Crippen LogP contribution in [0.15, 0.2) is 36.5 Å². The van der Waals surface area contributed by atoms with Crippen molar-refractivity contribution in [3.8, 4) is 11.3 Å². The molecule has 3 nitrogen and oxygen atoms in total. The van der Waals surface area contributed by atoms with E-state index in [1.165, 1.54) is 0 Å². The summed E-state index contributed by atoms with van der Waals surface area (Å²) in [5, 5.41) is 0. The van der Waals surface area contributed by atoms with Crippen molar-refractivity contribution in [2.45, 2.75) is 0 Å². The minimum atomic E-state index is 0.732. The molecule has 4 N–H and O–H groups in total. The van der Waals surface area contributed by atoms with Crippen LogP contribution < -0.4 is 11.5 Å². The highest BCUT2D eigenvalue weighted by molar-refractivity contribution is 5.77. The molecule has 0 amide bonds. The Kier molecular flexibility index (Phi) is 1.93. The van der Waals surface area contributed by atoms with Crippen molar-refractivity contribution in [3.05, 3.63) is 36.5 Å². The molecule has 0 fully saturated rings. The average molecular weight is 187 g/mol. The molecule has 0 bridgehead atoms. The molecular formula is C11H13N3. The first-order chi connectivity index (χ1) is 6.68. The standard InChI is InChI=1S/C11H13N3/c1-14-6-2-3-11(14)9-7-8(12)4-5-10(9)13/h2-7H,12-13H2,1H3. The number of aromatic nitrogens is 1. The van der Waals surface area contributed by atoms with Gasteiger partial charge in [0.1, 0.15) is 0 Å². The van der Waals surface area contributed by atoms with E-state index < -0.39 is 0 Å². The third-order valence-electron chi connectivity index (χ3n) is 2.30. The maximum atomic E-state index is 5.88. The molecule has 2 aromatic rings. The Bertz CT molecular complexity index is 457. The fraction of sp³-hybridized carbons (Fsp3) is 0.0909. The fourth-order valence-corrected chi connectivity index (χ4v) is 1.54. The molecule has 0 aliphatic carbocycles. The zero-order chi connectivity index (χ0) is 10.1. The van der Waals surface area contributed by atoms with Gasteiger partial charge >= 0.3 is 0 Å². The Labute approximate surface area is 83.0 Å². The molecule has 0 saturated heterocycles. The molecule has 0 aliphatic heterocycles. The number of hydrogen-bond acceptors (Lipinski definition) is 2. The molecule has 0 radical (unpaired) electrons. The van der Waals surface area contributed by atoms with E-state index in [9.17, 15) is 0 Å². The number of hydrogen-bond donors (Lipinski definition) is 2. The summed E-state index contributed by atoms with van der Waals surface area (Å²) in [7, 11) is 1.98. The zero-order valence-electron chi connectivity index (χ0n) is 8.07. The van der Waals surface area contributed by atoms with Gasteiger partial charge in [0.05, 0.1) is 0 Å². The van der Waals surface area contributed by atoms with Gasteiger partial charge in [-0.3, -0.25) is 0 Å². The highest BCUT2D eigenvalue weighted by atomic mass is 14.9. The summed E-state index contributed by atoms with van der Waals surface area (Å²) >= 11 is 0. The van der Waals surface area contributed by atoms with Gasteiger partial charge in [-0.1, -0.05) is 0 Å². The van der Waals surface area contributed by atoms with Crippen LogP contribution in [0.3, 0.4) is 0 Å². The highest BCUT2D eigenvalue weighted by Gasteiger charge is 2.05. The van der Waals surface area contributed by atoms with Crippen LogP contribution in [0.4, 0.5) is 11.4 Å². The van der Waals surface area contributed by atoms with Crippen molar-refractivity contribution in [3.63, 3.8) is 0 Å². The van der Waals surface area contributed by atoms with Crippen molar-refractivity contribution in [2.24, 2.45) is 7.05 Å². The van der Waals surface area contributed by atoms with E-state index in [2.05, 4.69) is 0 Å². The lowest BCUT2D eigenvalue weighted by molar-refractivity contribution is 0.937. The molecule has 0 atom stereocenters. The van der Waals surface area contributed by atoms with Gasteiger partial charge in [0.25, 0.3) is 0 Å². The van der Waals surface area contributed by atoms with Crippen LogP contribution in [0.2, 0.25) is 0 Å². The Morgan fingerprint density at radius 1 is 1.14 bits per heavy atom. The van der Waals surface area contributed by atoms with Gasteiger partial charge in [0.15, 0.2) is 0 Å². The minimum absolute atomic E-state index is 0.732. The lowest BCUT2D eigenvalue weighted by Crippen LogP contribution is -1.96. The third kappa shape index (κ3) is 1.33. The molecule has 0 saturated carbocycles. The van der Waals surface area contributed by atoms with Gasteiger partial charge in [-0.25, -0.2) is 0 Å². The maximum Gasteiger partial charge on any atom is 0.0499 e. The molecule has 1 aromatic heterocycles. The molecule has 14 heavy (non-hydrogen) atoms. The van der Waals surface area contributed by atoms with Crippen molar-refractivity contribution in [1.29, 1.82) is 0 Å². The monoisotopic (exact) mass is 187 g/mol. The molecule has 72 valence electrons. The number of anilines is 2. The number of aryl methyl sites for hydroxylation is 1. The van der Waals surface area contributed by atoms with Crippen LogP contribution >= 0.6 is 0 Å². The summed E-state index contributed by atoms with van der Waals surface area (Å²) in [4.78, 5) is 0. The van der Waals surface area contributed by atoms with E-state index in [4.69, 9.17) is 11.5 Å². The van der Waals surface area contributed by atoms with Gasteiger partial charge in [0.2, 0.25) is 0 Å². The Morgan fingerprint density at radius 2 is 1.93 bits per heavy atom. The molecule has 1 heterocycles. The Hall–Kier alpha value is -1.90. The lowest BCUT2D eigenvalue weighted by Gasteiger charge is -2.07. The molecule has 0 unspecified atom stereocenters. The van der Waals surface area contributed by atoms with Gasteiger partial charge in [-0.2, -0.15) is 0 Å². The molecular weight excluding hydrogens is 174 g/mol. The summed E-state index contributed by atoms with van der Waals surface area (Å²) in [5.41, 5.74) is 15.1. The smallest absolute Gasteiger partial charge is 0.0499 e. The minimum Gasteiger partial charge on any atom is -0.399 e. The van der Waals surface area contributed by atoms with Crippen LogP contribution in [0.1, 0.15) is 0 Å². The van der Waals surface area contributed by atoms with Crippen molar-refractivity contribution in [1.82, 2.24) is 4.57 Å². The van der Waals surface area contributed by atoms with Crippen molar-refractivity contribution < 1.29 is 0 Å². The number of benzene rings is 1. The molecule has 0 aliphatic rings. The van der Waals surface area contributed by atoms with Crippen molar-refractivity contribution >= 4 is 11.4 Å². The summed E-state index contributed by atoms with van der Waals surface area (Å²) in [5.74, 6) is 0. The molecule has 0 spiro atoms. The van der Waals surface area contributed by atoms with Crippen LogP contribution in [-0.4, -0.2) is 4.57 Å². The number of nitrogens with zero attached hydrogens (tertiary/aromatic N) is 1. The summed E-state index contributed by atoms with van der Waals surface area (Å²) in [6.45, 7) is 0. The second kappa shape index (κ2) is 3.10. The van der Waals surface area contributed by atoms with Crippen LogP contribution in [0.25, 0.3) is 11.3 Å². The third-order valence-corrected chi connectivity index (χ3v) is 2.30. The maximum absolute atomic E-state index is 5.88. The lowest BCUT2D eigenvalue weighted by atomic mass is 10.1. The number of nitrogens with two attached hydrogens (primary N) is 2. The topological polar surface area (TPSA) is 57.0 Å². The van der Waals surface area contributed by atoms with Crippen LogP contribution in [0, 0.1) is 0 Å². The van der Waals surface area contributed by atoms with Gasteiger partial charge < -0.3 is 16.0 Å². The van der Waals surface area contributed by atoms with E-state index in [1.807, 2.05) is 48.1 Å². The Morgan fingerprint density at radius 3 is 2.57 bits per heavy atom. The van der Waals surface area contributed by atoms with Gasteiger partial charge in [0, 0.05) is 35.9 Å². The number of rotatable bonds is 1. The average Bonchev–Trinajstić information content (AvgIpc) is 2.56. The first-order valence-corrected chi connectivity index (χ1v) is 4.45. The molecule has 2 rings (SSSR count). The highest BCUT2D eigenvalue weighted by Crippen LogP contribution is 2.27. The van der Waals surface area contributed by atoms with E-state index in [0.717, 1.165) is 22.6 Å². The van der Waals surface area contributed by atoms with E-state index >= 15 is 0 Å². The zero-order valence-corrected chi connectivity index (χ0v) is 8.07. The first kappa shape index (κ1) is 8.69. The summed E-state index contributed by atoms with van der Waals surface area (Å²) in [6, 6.07) is 9.53. The van der Waals surface area contributed by atoms with Crippen LogP contribution in [0.5, 0.6) is 0 Å². The molecule has 3 heteroatoms. The predicted octanol–water partition coefficient (Wildman–Crippen LogP) is 1.86. The normalized spacial score (nSPS) is 10.4. The largest absolute Gasteiger partial charge is 0.399 e. The summed E-state index contributed by atoms with van der Waals surface area (Å²) < 4.78 is 2.02. The van der Waals surface area contributed by atoms with Gasteiger partial charge in [-0.05, 0) is 30.3 Å². The molecule has 1 aromatic carbocycles. The van der Waals surface area contributed by atoms with E-state index in [1.54, 1.807) is 0 Å². The van der Waals surface area contributed by atoms with Gasteiger partial charge in [-0.15, -0.1) is 0 Å². The SMILES string of the molecule is Cn1cccc1-c1cc(N)ccc1N. The number of nitrogen functional groups attached to an aromatic ring is 2. The first-order valence-electron chi connectivity index (χ1n) is 4.45. The van der Waals surface area contributed by atoms with Crippen molar-refractivity contribution in [2.75, 3.05) is 11.5 Å². The quantitative estimate of drug-likeness (QED) is 0.669. The van der Waals surface area contributed by atoms with E-state index in [0.29, 0.717) is 0 Å². The second-order valence-electron chi connectivity index (χ2n) is 3.35. The fourth-order valence-electron chi connectivity index (χ4n) is 1.54. The predicted molar refractivity (Wildman–Crippen MR) is 59.7 cm³/mol. The van der Waals surface area contributed by atoms with E-state index in [-0.39, 0.29) is 0 Å². The second-order valence-corrected chi connectivity index (χ2v) is 3.35. The summed E-state index contributed by atoms with van der Waals surface area (Å²) in [6.07, 6.45) is 1.98.